The molecule has 3 rings (SSSR count). The van der Waals surface area contributed by atoms with Gasteiger partial charge >= 0.3 is 0 Å². The van der Waals surface area contributed by atoms with Crippen LogP contribution in [0.4, 0.5) is 0 Å². The maximum absolute atomic E-state index is 12.0. The molecule has 19 heavy (non-hydrogen) atoms. The summed E-state index contributed by atoms with van der Waals surface area (Å²) in [6.07, 6.45) is 2.83. The zero-order valence-electron chi connectivity index (χ0n) is 12.5. The van der Waals surface area contributed by atoms with Crippen molar-refractivity contribution in [1.29, 1.82) is 0 Å². The summed E-state index contributed by atoms with van der Waals surface area (Å²) in [7, 11) is 0. The zero-order chi connectivity index (χ0) is 13.6. The molecule has 3 fully saturated rings. The molecule has 0 spiro atoms. The van der Waals surface area contributed by atoms with Crippen molar-refractivity contribution in [3.05, 3.63) is 0 Å². The second kappa shape index (κ2) is 4.74. The third-order valence-corrected chi connectivity index (χ3v) is 4.54. The van der Waals surface area contributed by atoms with Crippen molar-refractivity contribution in [3.8, 4) is 0 Å². The van der Waals surface area contributed by atoms with Crippen LogP contribution in [-0.2, 0) is 4.79 Å². The van der Waals surface area contributed by atoms with Gasteiger partial charge in [0.05, 0.1) is 6.54 Å². The predicted octanol–water partition coefficient (Wildman–Crippen LogP) is 0.927. The van der Waals surface area contributed by atoms with E-state index >= 15 is 0 Å². The first-order valence-electron chi connectivity index (χ1n) is 7.68. The standard InChI is InChI=1S/C15H27N3O/c1-15(2,3)16-14(19)10-17-6-11-8-18(13-4-5-13)9-12(11)7-17/h11-13H,4-10H2,1-3H3,(H,16,19). The molecular weight excluding hydrogens is 238 g/mol. The summed E-state index contributed by atoms with van der Waals surface area (Å²) in [5, 5.41) is 3.06. The van der Waals surface area contributed by atoms with E-state index < -0.39 is 0 Å². The van der Waals surface area contributed by atoms with Gasteiger partial charge in [0.2, 0.25) is 5.91 Å². The van der Waals surface area contributed by atoms with E-state index in [9.17, 15) is 4.79 Å². The molecule has 4 nitrogen and oxygen atoms in total. The van der Waals surface area contributed by atoms with Gasteiger partial charge in [-0.1, -0.05) is 0 Å². The summed E-state index contributed by atoms with van der Waals surface area (Å²) >= 11 is 0. The Morgan fingerprint density at radius 1 is 1.11 bits per heavy atom. The molecule has 0 aromatic carbocycles. The van der Waals surface area contributed by atoms with Crippen molar-refractivity contribution in [3.63, 3.8) is 0 Å². The number of carbonyl (C=O) groups excluding carboxylic acids is 1. The SMILES string of the molecule is CC(C)(C)NC(=O)CN1CC2CN(C3CC3)CC2C1. The highest BCUT2D eigenvalue weighted by Gasteiger charge is 2.44. The zero-order valence-corrected chi connectivity index (χ0v) is 12.5. The average Bonchev–Trinajstić information content (AvgIpc) is 2.91. The summed E-state index contributed by atoms with van der Waals surface area (Å²) in [5.74, 6) is 1.79. The van der Waals surface area contributed by atoms with Gasteiger partial charge in [0, 0.05) is 37.8 Å². The van der Waals surface area contributed by atoms with Crippen molar-refractivity contribution in [2.24, 2.45) is 11.8 Å². The second-order valence-electron chi connectivity index (χ2n) is 7.70. The highest BCUT2D eigenvalue weighted by Crippen LogP contribution is 2.37. The predicted molar refractivity (Wildman–Crippen MR) is 75.9 cm³/mol. The molecule has 2 atom stereocenters. The molecule has 2 heterocycles. The van der Waals surface area contributed by atoms with E-state index in [1.807, 2.05) is 20.8 Å². The lowest BCUT2D eigenvalue weighted by Gasteiger charge is -2.24. The van der Waals surface area contributed by atoms with Crippen LogP contribution in [0.2, 0.25) is 0 Å². The van der Waals surface area contributed by atoms with Gasteiger partial charge in [0.15, 0.2) is 0 Å². The van der Waals surface area contributed by atoms with E-state index in [1.54, 1.807) is 0 Å². The largest absolute Gasteiger partial charge is 0.350 e. The summed E-state index contributed by atoms with van der Waals surface area (Å²) in [4.78, 5) is 17.0. The van der Waals surface area contributed by atoms with Gasteiger partial charge in [-0.3, -0.25) is 14.6 Å². The highest BCUT2D eigenvalue weighted by atomic mass is 16.2. The number of carbonyl (C=O) groups is 1. The fraction of sp³-hybridized carbons (Fsp3) is 0.933. The Balaban J connectivity index is 1.45. The molecule has 1 N–H and O–H groups in total. The van der Waals surface area contributed by atoms with Gasteiger partial charge < -0.3 is 5.32 Å². The molecule has 4 heteroatoms. The van der Waals surface area contributed by atoms with Crippen molar-refractivity contribution >= 4 is 5.91 Å². The number of fused-ring (bicyclic) bond motifs is 1. The molecule has 2 saturated heterocycles. The minimum atomic E-state index is -0.116. The maximum atomic E-state index is 12.0. The smallest absolute Gasteiger partial charge is 0.234 e. The van der Waals surface area contributed by atoms with Crippen LogP contribution in [0.25, 0.3) is 0 Å². The van der Waals surface area contributed by atoms with E-state index in [2.05, 4.69) is 15.1 Å². The van der Waals surface area contributed by atoms with E-state index in [0.29, 0.717) is 6.54 Å². The lowest BCUT2D eigenvalue weighted by atomic mass is 10.0. The van der Waals surface area contributed by atoms with Crippen molar-refractivity contribution in [2.45, 2.75) is 45.2 Å². The fourth-order valence-corrected chi connectivity index (χ4v) is 3.65. The minimum absolute atomic E-state index is 0.116. The second-order valence-corrected chi connectivity index (χ2v) is 7.70. The third-order valence-electron chi connectivity index (χ3n) is 4.54. The van der Waals surface area contributed by atoms with Crippen LogP contribution in [-0.4, -0.2) is 60.0 Å². The molecule has 1 aliphatic carbocycles. The summed E-state index contributed by atoms with van der Waals surface area (Å²) in [6.45, 7) is 11.5. The lowest BCUT2D eigenvalue weighted by molar-refractivity contribution is -0.123. The Hall–Kier alpha value is -0.610. The van der Waals surface area contributed by atoms with E-state index in [-0.39, 0.29) is 11.4 Å². The van der Waals surface area contributed by atoms with Crippen molar-refractivity contribution in [2.75, 3.05) is 32.7 Å². The molecule has 1 amide bonds. The molecule has 0 aromatic rings. The summed E-state index contributed by atoms with van der Waals surface area (Å²) < 4.78 is 0. The Kier molecular flexibility index (Phi) is 3.34. The van der Waals surface area contributed by atoms with Gasteiger partial charge in [0.1, 0.15) is 0 Å². The van der Waals surface area contributed by atoms with Crippen LogP contribution < -0.4 is 5.32 Å². The van der Waals surface area contributed by atoms with Crippen molar-refractivity contribution in [1.82, 2.24) is 15.1 Å². The first-order chi connectivity index (χ1) is 8.90. The molecule has 2 unspecified atom stereocenters. The van der Waals surface area contributed by atoms with E-state index in [0.717, 1.165) is 31.0 Å². The van der Waals surface area contributed by atoms with Crippen LogP contribution in [0.1, 0.15) is 33.6 Å². The number of nitrogens with one attached hydrogen (secondary N) is 1. The number of amides is 1. The third kappa shape index (κ3) is 3.29. The van der Waals surface area contributed by atoms with Crippen LogP contribution in [0.15, 0.2) is 0 Å². The Morgan fingerprint density at radius 2 is 1.68 bits per heavy atom. The van der Waals surface area contributed by atoms with Gasteiger partial charge in [-0.2, -0.15) is 0 Å². The molecule has 0 aromatic heterocycles. The Morgan fingerprint density at radius 3 is 2.16 bits per heavy atom. The Bertz CT molecular complexity index is 345. The van der Waals surface area contributed by atoms with Crippen LogP contribution in [0.3, 0.4) is 0 Å². The number of rotatable bonds is 3. The van der Waals surface area contributed by atoms with Crippen molar-refractivity contribution < 1.29 is 4.79 Å². The molecule has 2 aliphatic heterocycles. The summed E-state index contributed by atoms with van der Waals surface area (Å²) in [5.41, 5.74) is -0.116. The van der Waals surface area contributed by atoms with Gasteiger partial charge in [0.25, 0.3) is 0 Å². The minimum Gasteiger partial charge on any atom is -0.350 e. The number of likely N-dealkylation sites (tertiary alicyclic amines) is 2. The first-order valence-corrected chi connectivity index (χ1v) is 7.68. The molecule has 1 saturated carbocycles. The van der Waals surface area contributed by atoms with E-state index in [4.69, 9.17) is 0 Å². The molecule has 3 aliphatic rings. The Labute approximate surface area is 116 Å². The fourth-order valence-electron chi connectivity index (χ4n) is 3.65. The van der Waals surface area contributed by atoms with Crippen LogP contribution >= 0.6 is 0 Å². The number of hydrogen-bond donors (Lipinski definition) is 1. The van der Waals surface area contributed by atoms with Gasteiger partial charge in [-0.15, -0.1) is 0 Å². The average molecular weight is 265 g/mol. The number of hydrogen-bond acceptors (Lipinski definition) is 3. The first kappa shape index (κ1) is 13.4. The molecule has 0 radical (unpaired) electrons. The van der Waals surface area contributed by atoms with E-state index in [1.165, 1.54) is 25.9 Å². The topological polar surface area (TPSA) is 35.6 Å². The molecular formula is C15H27N3O. The summed E-state index contributed by atoms with van der Waals surface area (Å²) in [6, 6.07) is 0.906. The molecule has 0 bridgehead atoms. The molecule has 108 valence electrons. The van der Waals surface area contributed by atoms with Gasteiger partial charge in [-0.05, 0) is 45.4 Å². The highest BCUT2D eigenvalue weighted by molar-refractivity contribution is 5.78. The van der Waals surface area contributed by atoms with Gasteiger partial charge in [-0.25, -0.2) is 0 Å². The maximum Gasteiger partial charge on any atom is 0.234 e. The lowest BCUT2D eigenvalue weighted by Crippen LogP contribution is -2.46. The van der Waals surface area contributed by atoms with Crippen LogP contribution in [0, 0.1) is 11.8 Å². The number of nitrogens with zero attached hydrogens (tertiary/aromatic N) is 2. The monoisotopic (exact) mass is 265 g/mol. The quantitative estimate of drug-likeness (QED) is 0.824. The van der Waals surface area contributed by atoms with Crippen LogP contribution in [0.5, 0.6) is 0 Å². The normalized spacial score (nSPS) is 32.6.